The molecule has 0 saturated carbocycles. The molecule has 205 valence electrons. The third kappa shape index (κ3) is 3.60. The van der Waals surface area contributed by atoms with Crippen LogP contribution in [0.15, 0.2) is 0 Å². The summed E-state index contributed by atoms with van der Waals surface area (Å²) in [6.45, 7) is 0. The molecule has 0 aromatic carbocycles. The molecular formula is C11F23. The summed E-state index contributed by atoms with van der Waals surface area (Å²) >= 11 is 0. The molecule has 23 heteroatoms. The van der Waals surface area contributed by atoms with E-state index in [-0.39, 0.29) is 0 Å². The minimum Gasteiger partial charge on any atom is -0.192 e. The van der Waals surface area contributed by atoms with E-state index in [1.54, 1.807) is 0 Å². The summed E-state index contributed by atoms with van der Waals surface area (Å²) in [5.74, 6) is -80.2. The summed E-state index contributed by atoms with van der Waals surface area (Å²) in [6, 6.07) is 0. The third-order valence-electron chi connectivity index (χ3n) is 3.75. The highest BCUT2D eigenvalue weighted by Gasteiger charge is 2.98. The second-order valence-electron chi connectivity index (χ2n) is 5.93. The second kappa shape index (κ2) is 7.69. The van der Waals surface area contributed by atoms with E-state index in [2.05, 4.69) is 0 Å². The normalized spacial score (nSPS) is 16.9. The maximum Gasteiger partial charge on any atom is 0.460 e. The van der Waals surface area contributed by atoms with Crippen LogP contribution >= 0.6 is 0 Å². The lowest BCUT2D eigenvalue weighted by Crippen LogP contribution is -2.77. The molecule has 1 radical (unpaired) electrons. The molecule has 34 heavy (non-hydrogen) atoms. The van der Waals surface area contributed by atoms with E-state index >= 15 is 0 Å². The molecule has 0 spiro atoms. The van der Waals surface area contributed by atoms with Gasteiger partial charge in [0.15, 0.2) is 0 Å². The Kier molecular flexibility index (Phi) is 7.33. The molecule has 0 N–H and O–H groups in total. The number of halogens is 23. The zero-order valence-electron chi connectivity index (χ0n) is 14.2. The molecule has 0 fully saturated rings. The molecule has 0 unspecified atom stereocenters. The summed E-state index contributed by atoms with van der Waals surface area (Å²) in [4.78, 5) is 0. The first kappa shape index (κ1) is 32.4. The monoisotopic (exact) mass is 569 g/mol. The van der Waals surface area contributed by atoms with Crippen LogP contribution in [-0.4, -0.2) is 59.5 Å². The SMILES string of the molecule is F[C](F)C(F)(F)C(F)(F)C(F)(F)C(F)(F)C(F)(F)C(F)(F)C(F)(F)C(F)(F)C(F)(F)C(F)(F)F. The quantitative estimate of drug-likeness (QED) is 0.250. The van der Waals surface area contributed by atoms with Crippen molar-refractivity contribution in [2.45, 2.75) is 59.5 Å². The Bertz CT molecular complexity index is 737. The van der Waals surface area contributed by atoms with Crippen LogP contribution in [0.5, 0.6) is 0 Å². The van der Waals surface area contributed by atoms with E-state index in [9.17, 15) is 101 Å². The molecule has 0 aliphatic carbocycles. The van der Waals surface area contributed by atoms with Crippen LogP contribution in [0.2, 0.25) is 0 Å². The van der Waals surface area contributed by atoms with Crippen LogP contribution in [0.1, 0.15) is 0 Å². The zero-order chi connectivity index (χ0) is 28.6. The van der Waals surface area contributed by atoms with Crippen molar-refractivity contribution < 1.29 is 101 Å². The highest BCUT2D eigenvalue weighted by atomic mass is 19.4. The van der Waals surface area contributed by atoms with Crippen molar-refractivity contribution in [2.24, 2.45) is 0 Å². The van der Waals surface area contributed by atoms with Gasteiger partial charge in [-0.3, -0.25) is 0 Å². The van der Waals surface area contributed by atoms with Gasteiger partial charge in [-0.1, -0.05) is 0 Å². The molecule has 0 nitrogen and oxygen atoms in total. The molecule has 0 amide bonds. The summed E-state index contributed by atoms with van der Waals surface area (Å²) in [5, 5.41) is 0. The van der Waals surface area contributed by atoms with Crippen LogP contribution in [-0.2, 0) is 0 Å². The van der Waals surface area contributed by atoms with Gasteiger partial charge in [0.2, 0.25) is 0 Å². The Balaban J connectivity index is 7.08. The average Bonchev–Trinajstić information content (AvgIpc) is 2.58. The van der Waals surface area contributed by atoms with Crippen molar-refractivity contribution >= 4 is 0 Å². The van der Waals surface area contributed by atoms with Crippen molar-refractivity contribution in [3.8, 4) is 0 Å². The maximum atomic E-state index is 13.2. The second-order valence-corrected chi connectivity index (χ2v) is 5.93. The Morgan fingerprint density at radius 1 is 0.265 bits per heavy atom. The Labute approximate surface area is 168 Å². The molecule has 0 aliphatic heterocycles. The molecule has 0 aliphatic rings. The molecule has 0 bridgehead atoms. The highest BCUT2D eigenvalue weighted by Crippen LogP contribution is 2.66. The lowest BCUT2D eigenvalue weighted by atomic mass is 9.86. The fraction of sp³-hybridized carbons (Fsp3) is 0.909. The van der Waals surface area contributed by atoms with Gasteiger partial charge in [0, 0.05) is 0 Å². The molecule has 0 heterocycles. The first-order chi connectivity index (χ1) is 14.2. The smallest absolute Gasteiger partial charge is 0.192 e. The largest absolute Gasteiger partial charge is 0.460 e. The Morgan fingerprint density at radius 3 is 0.618 bits per heavy atom. The summed E-state index contributed by atoms with van der Waals surface area (Å²) in [5.41, 5.74) is 0. The van der Waals surface area contributed by atoms with Crippen LogP contribution in [0.3, 0.4) is 0 Å². The molecular weight excluding hydrogens is 569 g/mol. The molecule has 0 saturated heterocycles. The summed E-state index contributed by atoms with van der Waals surface area (Å²) in [6.07, 6.45) is -13.4. The molecule has 0 aromatic heterocycles. The van der Waals surface area contributed by atoms with Gasteiger partial charge < -0.3 is 0 Å². The average molecular weight is 569 g/mol. The van der Waals surface area contributed by atoms with Gasteiger partial charge in [-0.2, -0.15) is 101 Å². The summed E-state index contributed by atoms with van der Waals surface area (Å²) in [7, 11) is 0. The van der Waals surface area contributed by atoms with Gasteiger partial charge in [-0.25, -0.2) is 0 Å². The van der Waals surface area contributed by atoms with E-state index in [0.29, 0.717) is 0 Å². The third-order valence-corrected chi connectivity index (χ3v) is 3.75. The zero-order valence-corrected chi connectivity index (χ0v) is 14.2. The number of hydrogen-bond acceptors (Lipinski definition) is 0. The molecule has 0 rings (SSSR count). The van der Waals surface area contributed by atoms with Crippen LogP contribution in [0, 0.1) is 6.43 Å². The lowest BCUT2D eigenvalue weighted by molar-refractivity contribution is -0.474. The van der Waals surface area contributed by atoms with Crippen LogP contribution in [0.25, 0.3) is 0 Å². The highest BCUT2D eigenvalue weighted by molar-refractivity contribution is 5.18. The van der Waals surface area contributed by atoms with E-state index < -0.39 is 65.9 Å². The fourth-order valence-corrected chi connectivity index (χ4v) is 1.68. The predicted octanol–water partition coefficient (Wildman–Crippen LogP) is 7.69. The van der Waals surface area contributed by atoms with Crippen molar-refractivity contribution in [3.63, 3.8) is 0 Å². The first-order valence-electron chi connectivity index (χ1n) is 6.85. The predicted molar refractivity (Wildman–Crippen MR) is 56.0 cm³/mol. The Morgan fingerprint density at radius 2 is 0.441 bits per heavy atom. The lowest BCUT2D eigenvalue weighted by Gasteiger charge is -2.44. The fourth-order valence-electron chi connectivity index (χ4n) is 1.68. The van der Waals surface area contributed by atoms with E-state index in [1.165, 1.54) is 0 Å². The Hall–Kier alpha value is -1.61. The summed E-state index contributed by atoms with van der Waals surface area (Å²) < 4.78 is 292. The molecule has 0 atom stereocenters. The number of alkyl halides is 21. The number of hydrogen-bond donors (Lipinski definition) is 0. The van der Waals surface area contributed by atoms with Crippen molar-refractivity contribution in [3.05, 3.63) is 6.43 Å². The van der Waals surface area contributed by atoms with E-state index in [1.807, 2.05) is 0 Å². The van der Waals surface area contributed by atoms with Gasteiger partial charge in [-0.15, -0.1) is 0 Å². The van der Waals surface area contributed by atoms with Crippen molar-refractivity contribution in [1.82, 2.24) is 0 Å². The van der Waals surface area contributed by atoms with Crippen molar-refractivity contribution in [2.75, 3.05) is 0 Å². The van der Waals surface area contributed by atoms with Gasteiger partial charge in [0.05, 0.1) is 0 Å². The maximum absolute atomic E-state index is 13.2. The van der Waals surface area contributed by atoms with Gasteiger partial charge >= 0.3 is 65.9 Å². The standard InChI is InChI=1S/C11F23/c12-1(13)2(14,15)3(16,17)4(18,19)5(20,21)6(22,23)7(24,25)8(26,27)9(28,29)10(30,31)11(32,33)34. The molecule has 0 aromatic rings. The number of rotatable bonds is 9. The first-order valence-corrected chi connectivity index (χ1v) is 6.85. The van der Waals surface area contributed by atoms with E-state index in [4.69, 9.17) is 0 Å². The minimum absolute atomic E-state index is 5.30. The van der Waals surface area contributed by atoms with E-state index in [0.717, 1.165) is 0 Å². The van der Waals surface area contributed by atoms with Crippen LogP contribution in [0.4, 0.5) is 101 Å². The van der Waals surface area contributed by atoms with Gasteiger partial charge in [-0.05, 0) is 0 Å². The van der Waals surface area contributed by atoms with Gasteiger partial charge in [0.1, 0.15) is 0 Å². The van der Waals surface area contributed by atoms with Crippen molar-refractivity contribution in [1.29, 1.82) is 0 Å². The topological polar surface area (TPSA) is 0 Å². The van der Waals surface area contributed by atoms with Crippen LogP contribution < -0.4 is 0 Å². The minimum atomic E-state index is -9.34. The van der Waals surface area contributed by atoms with Gasteiger partial charge in [0.25, 0.3) is 0 Å².